The predicted octanol–water partition coefficient (Wildman–Crippen LogP) is 3.18. The molecule has 1 heterocycles. The summed E-state index contributed by atoms with van der Waals surface area (Å²) in [7, 11) is 0. The van der Waals surface area contributed by atoms with E-state index >= 15 is 0 Å². The second kappa shape index (κ2) is 6.39. The number of nitrogen functional groups attached to an aromatic ring is 1. The Bertz CT molecular complexity index is 528. The third-order valence-corrected chi connectivity index (χ3v) is 4.05. The van der Waals surface area contributed by atoms with Crippen molar-refractivity contribution in [2.24, 2.45) is 0 Å². The van der Waals surface area contributed by atoms with Gasteiger partial charge in [0.2, 0.25) is 0 Å². The number of carbonyl (C=O) groups is 1. The largest absolute Gasteiger partial charge is 0.444 e. The number of anilines is 1. The number of carbonyl (C=O) groups excluding carboxylic acids is 1. The molecule has 1 saturated heterocycles. The van der Waals surface area contributed by atoms with Gasteiger partial charge in [0, 0.05) is 15.8 Å². The number of rotatable bonds is 1. The number of amides is 1. The van der Waals surface area contributed by atoms with Crippen LogP contribution in [0.3, 0.4) is 0 Å². The van der Waals surface area contributed by atoms with E-state index in [1.807, 2.05) is 39.0 Å². The van der Waals surface area contributed by atoms with Crippen molar-refractivity contribution in [1.82, 2.24) is 4.90 Å². The van der Waals surface area contributed by atoms with Gasteiger partial charge >= 0.3 is 6.09 Å². The van der Waals surface area contributed by atoms with E-state index in [9.17, 15) is 4.79 Å². The van der Waals surface area contributed by atoms with Crippen molar-refractivity contribution in [3.63, 3.8) is 0 Å². The number of nitrogens with two attached hydrogens (primary N) is 1. The van der Waals surface area contributed by atoms with Gasteiger partial charge in [-0.25, -0.2) is 4.79 Å². The van der Waals surface area contributed by atoms with Crippen LogP contribution in [0.15, 0.2) is 18.2 Å². The Labute approximate surface area is 138 Å². The summed E-state index contributed by atoms with van der Waals surface area (Å²) in [5.74, 6) is 0. The summed E-state index contributed by atoms with van der Waals surface area (Å²) < 4.78 is 12.2. The molecule has 5 nitrogen and oxygen atoms in total. The Hall–Kier alpha value is -1.02. The lowest BCUT2D eigenvalue weighted by atomic mass is 10.1. The first-order valence-electron chi connectivity index (χ1n) is 6.91. The molecule has 0 radical (unpaired) electrons. The van der Waals surface area contributed by atoms with E-state index in [1.54, 1.807) is 4.90 Å². The molecule has 1 aliphatic heterocycles. The van der Waals surface area contributed by atoms with Gasteiger partial charge in [0.25, 0.3) is 0 Å². The average Bonchev–Trinajstić information content (AvgIpc) is 2.40. The maximum atomic E-state index is 12.1. The van der Waals surface area contributed by atoms with Crippen LogP contribution >= 0.6 is 22.6 Å². The van der Waals surface area contributed by atoms with Gasteiger partial charge in [-0.3, -0.25) is 0 Å². The smallest absolute Gasteiger partial charge is 0.410 e. The minimum Gasteiger partial charge on any atom is -0.444 e. The topological polar surface area (TPSA) is 64.8 Å². The van der Waals surface area contributed by atoms with Gasteiger partial charge in [0.15, 0.2) is 0 Å². The first kappa shape index (κ1) is 16.4. The van der Waals surface area contributed by atoms with Crippen LogP contribution < -0.4 is 5.73 Å². The van der Waals surface area contributed by atoms with E-state index in [-0.39, 0.29) is 12.2 Å². The summed E-state index contributed by atoms with van der Waals surface area (Å²) in [6, 6.07) is 5.81. The molecule has 0 bridgehead atoms. The van der Waals surface area contributed by atoms with E-state index in [2.05, 4.69) is 22.6 Å². The third kappa shape index (κ3) is 4.47. The molecule has 116 valence electrons. The van der Waals surface area contributed by atoms with E-state index in [0.717, 1.165) is 14.8 Å². The number of hydrogen-bond donors (Lipinski definition) is 1. The van der Waals surface area contributed by atoms with Crippen LogP contribution in [-0.2, 0) is 9.47 Å². The van der Waals surface area contributed by atoms with Crippen molar-refractivity contribution >= 4 is 34.4 Å². The molecule has 1 unspecified atom stereocenters. The van der Waals surface area contributed by atoms with E-state index in [1.165, 1.54) is 0 Å². The SMILES string of the molecule is CC(C)(C)OC(=O)N1CCOC(c2ccc(N)c(I)c2)C1. The zero-order chi connectivity index (χ0) is 15.6. The number of halogens is 1. The molecule has 0 spiro atoms. The highest BCUT2D eigenvalue weighted by Crippen LogP contribution is 2.26. The van der Waals surface area contributed by atoms with Gasteiger partial charge in [-0.2, -0.15) is 0 Å². The highest BCUT2D eigenvalue weighted by Gasteiger charge is 2.29. The number of hydrogen-bond acceptors (Lipinski definition) is 4. The fraction of sp³-hybridized carbons (Fsp3) is 0.533. The first-order chi connectivity index (χ1) is 9.76. The minimum absolute atomic E-state index is 0.139. The lowest BCUT2D eigenvalue weighted by molar-refractivity contribution is -0.0433. The molecule has 1 amide bonds. The molecule has 6 heteroatoms. The zero-order valence-corrected chi connectivity index (χ0v) is 14.7. The molecular weight excluding hydrogens is 383 g/mol. The van der Waals surface area contributed by atoms with Gasteiger partial charge in [-0.1, -0.05) is 6.07 Å². The van der Waals surface area contributed by atoms with Crippen LogP contribution in [0.25, 0.3) is 0 Å². The van der Waals surface area contributed by atoms with E-state index < -0.39 is 5.60 Å². The Morgan fingerprint density at radius 2 is 2.19 bits per heavy atom. The summed E-state index contributed by atoms with van der Waals surface area (Å²) in [5, 5.41) is 0. The summed E-state index contributed by atoms with van der Waals surface area (Å²) in [4.78, 5) is 13.8. The molecule has 1 fully saturated rings. The molecule has 0 aromatic heterocycles. The molecule has 2 rings (SSSR count). The van der Waals surface area contributed by atoms with Gasteiger partial charge < -0.3 is 20.1 Å². The van der Waals surface area contributed by atoms with Crippen LogP contribution in [0, 0.1) is 3.57 Å². The van der Waals surface area contributed by atoms with Gasteiger partial charge in [-0.15, -0.1) is 0 Å². The quantitative estimate of drug-likeness (QED) is 0.577. The van der Waals surface area contributed by atoms with Gasteiger partial charge in [0.05, 0.1) is 13.2 Å². The zero-order valence-electron chi connectivity index (χ0n) is 12.6. The first-order valence-corrected chi connectivity index (χ1v) is 7.98. The van der Waals surface area contributed by atoms with Crippen molar-refractivity contribution in [3.05, 3.63) is 27.3 Å². The standard InChI is InChI=1S/C15H21IN2O3/c1-15(2,3)21-14(19)18-6-7-20-13(9-18)10-4-5-12(17)11(16)8-10/h4-5,8,13H,6-7,9,17H2,1-3H3. The summed E-state index contributed by atoms with van der Waals surface area (Å²) in [6.07, 6.45) is -0.429. The summed E-state index contributed by atoms with van der Waals surface area (Å²) in [5.41, 5.74) is 7.12. The van der Waals surface area contributed by atoms with Crippen LogP contribution in [0.5, 0.6) is 0 Å². The highest BCUT2D eigenvalue weighted by atomic mass is 127. The summed E-state index contributed by atoms with van der Waals surface area (Å²) >= 11 is 2.20. The maximum absolute atomic E-state index is 12.1. The Kier molecular flexibility index (Phi) is 4.98. The maximum Gasteiger partial charge on any atom is 0.410 e. The number of morpholine rings is 1. The predicted molar refractivity (Wildman–Crippen MR) is 90.1 cm³/mol. The average molecular weight is 404 g/mol. The molecule has 0 saturated carbocycles. The van der Waals surface area contributed by atoms with E-state index in [0.29, 0.717) is 19.7 Å². The molecule has 21 heavy (non-hydrogen) atoms. The molecule has 0 aliphatic carbocycles. The fourth-order valence-electron chi connectivity index (χ4n) is 2.09. The number of ether oxygens (including phenoxy) is 2. The molecule has 1 aromatic rings. The number of nitrogens with zero attached hydrogens (tertiary/aromatic N) is 1. The van der Waals surface area contributed by atoms with Crippen LogP contribution in [0.1, 0.15) is 32.4 Å². The molecule has 2 N–H and O–H groups in total. The van der Waals surface area contributed by atoms with Crippen molar-refractivity contribution in [3.8, 4) is 0 Å². The van der Waals surface area contributed by atoms with Crippen molar-refractivity contribution < 1.29 is 14.3 Å². The molecular formula is C15H21IN2O3. The van der Waals surface area contributed by atoms with Crippen molar-refractivity contribution in [2.75, 3.05) is 25.4 Å². The Balaban J connectivity index is 2.06. The van der Waals surface area contributed by atoms with Crippen LogP contribution in [-0.4, -0.2) is 36.3 Å². The lowest BCUT2D eigenvalue weighted by Crippen LogP contribution is -2.44. The van der Waals surface area contributed by atoms with Crippen LogP contribution in [0.2, 0.25) is 0 Å². The second-order valence-corrected chi connectivity index (χ2v) is 7.23. The fourth-order valence-corrected chi connectivity index (χ4v) is 2.63. The Morgan fingerprint density at radius 3 is 2.81 bits per heavy atom. The van der Waals surface area contributed by atoms with Gasteiger partial charge in [-0.05, 0) is 61.1 Å². The van der Waals surface area contributed by atoms with Crippen molar-refractivity contribution in [1.29, 1.82) is 0 Å². The minimum atomic E-state index is -0.485. The van der Waals surface area contributed by atoms with E-state index in [4.69, 9.17) is 15.2 Å². The second-order valence-electron chi connectivity index (χ2n) is 6.07. The third-order valence-electron chi connectivity index (χ3n) is 3.11. The van der Waals surface area contributed by atoms with Gasteiger partial charge in [0.1, 0.15) is 11.7 Å². The number of benzene rings is 1. The lowest BCUT2D eigenvalue weighted by Gasteiger charge is -2.34. The highest BCUT2D eigenvalue weighted by molar-refractivity contribution is 14.1. The van der Waals surface area contributed by atoms with Crippen molar-refractivity contribution in [2.45, 2.75) is 32.5 Å². The normalized spacial score (nSPS) is 19.4. The monoisotopic (exact) mass is 404 g/mol. The molecule has 1 aromatic carbocycles. The van der Waals surface area contributed by atoms with Crippen LogP contribution in [0.4, 0.5) is 10.5 Å². The summed E-state index contributed by atoms with van der Waals surface area (Å²) in [6.45, 7) is 7.15. The Morgan fingerprint density at radius 1 is 1.48 bits per heavy atom. The molecule has 1 aliphatic rings. The molecule has 1 atom stereocenters.